The Morgan fingerprint density at radius 3 is 2.36 bits per heavy atom. The van der Waals surface area contributed by atoms with Crippen molar-refractivity contribution >= 4 is 11.6 Å². The second-order valence-corrected chi connectivity index (χ2v) is 6.10. The molecule has 1 atom stereocenters. The number of rotatable bonds is 8. The van der Waals surface area contributed by atoms with E-state index in [0.29, 0.717) is 18.7 Å². The van der Waals surface area contributed by atoms with Gasteiger partial charge >= 0.3 is 0 Å². The van der Waals surface area contributed by atoms with Gasteiger partial charge in [-0.3, -0.25) is 30.2 Å². The molecule has 8 heteroatoms. The fourth-order valence-electron chi connectivity index (χ4n) is 2.66. The molecule has 0 spiro atoms. The van der Waals surface area contributed by atoms with Crippen molar-refractivity contribution in [1.29, 1.82) is 0 Å². The first kappa shape index (κ1) is 19.1. The summed E-state index contributed by atoms with van der Waals surface area (Å²) in [6, 6.07) is 12.7. The summed E-state index contributed by atoms with van der Waals surface area (Å²) in [7, 11) is 0. The Bertz CT molecular complexity index is 918. The van der Waals surface area contributed by atoms with E-state index in [2.05, 4.69) is 20.6 Å². The van der Waals surface area contributed by atoms with E-state index in [1.807, 2.05) is 18.2 Å². The molecule has 0 aliphatic rings. The second-order valence-electron chi connectivity index (χ2n) is 6.10. The molecule has 0 radical (unpaired) electrons. The predicted molar refractivity (Wildman–Crippen MR) is 103 cm³/mol. The quantitative estimate of drug-likeness (QED) is 0.461. The summed E-state index contributed by atoms with van der Waals surface area (Å²) < 4.78 is 0. The highest BCUT2D eigenvalue weighted by atomic mass is 16.6. The van der Waals surface area contributed by atoms with Crippen LogP contribution in [0.2, 0.25) is 0 Å². The van der Waals surface area contributed by atoms with Crippen LogP contribution in [0.5, 0.6) is 0 Å². The zero-order valence-corrected chi connectivity index (χ0v) is 15.0. The van der Waals surface area contributed by atoms with Crippen molar-refractivity contribution in [1.82, 2.24) is 20.6 Å². The topological polar surface area (TPSA) is 110 Å². The predicted octanol–water partition coefficient (Wildman–Crippen LogP) is 2.53. The molecule has 3 aromatic rings. The lowest BCUT2D eigenvalue weighted by atomic mass is 10.0. The highest BCUT2D eigenvalue weighted by molar-refractivity contribution is 5.83. The standard InChI is InChI=1S/C20H19N5O3/c26-20(24-14-16-2-1-9-22-12-16)19(23-13-15-7-10-21-11-8-15)17-3-5-18(6-4-17)25(27)28/h1-12,19,23H,13-14H2,(H,24,26). The molecule has 2 heterocycles. The number of amides is 1. The number of nitro groups is 1. The zero-order valence-electron chi connectivity index (χ0n) is 15.0. The Hall–Kier alpha value is -3.65. The van der Waals surface area contributed by atoms with Gasteiger partial charge < -0.3 is 5.32 Å². The van der Waals surface area contributed by atoms with E-state index >= 15 is 0 Å². The van der Waals surface area contributed by atoms with Crippen LogP contribution in [0.15, 0.2) is 73.3 Å². The molecule has 0 saturated carbocycles. The van der Waals surface area contributed by atoms with Crippen LogP contribution in [0.25, 0.3) is 0 Å². The zero-order chi connectivity index (χ0) is 19.8. The van der Waals surface area contributed by atoms with Crippen molar-refractivity contribution < 1.29 is 9.72 Å². The molecule has 28 heavy (non-hydrogen) atoms. The lowest BCUT2D eigenvalue weighted by Gasteiger charge is -2.19. The largest absolute Gasteiger partial charge is 0.350 e. The van der Waals surface area contributed by atoms with E-state index in [9.17, 15) is 14.9 Å². The number of aromatic nitrogens is 2. The van der Waals surface area contributed by atoms with Gasteiger partial charge in [0.25, 0.3) is 5.69 Å². The summed E-state index contributed by atoms with van der Waals surface area (Å²) in [6.07, 6.45) is 6.72. The van der Waals surface area contributed by atoms with Crippen molar-refractivity contribution in [2.75, 3.05) is 0 Å². The molecule has 0 fully saturated rings. The number of pyridine rings is 2. The normalized spacial score (nSPS) is 11.6. The van der Waals surface area contributed by atoms with Crippen LogP contribution in [0.1, 0.15) is 22.7 Å². The van der Waals surface area contributed by atoms with Crippen molar-refractivity contribution in [2.24, 2.45) is 0 Å². The minimum absolute atomic E-state index is 0.0209. The monoisotopic (exact) mass is 377 g/mol. The molecule has 8 nitrogen and oxygen atoms in total. The third-order valence-corrected chi connectivity index (χ3v) is 4.15. The smallest absolute Gasteiger partial charge is 0.269 e. The summed E-state index contributed by atoms with van der Waals surface area (Å²) in [4.78, 5) is 31.2. The fraction of sp³-hybridized carbons (Fsp3) is 0.150. The molecular formula is C20H19N5O3. The maximum Gasteiger partial charge on any atom is 0.269 e. The van der Waals surface area contributed by atoms with Crippen LogP contribution in [0.3, 0.4) is 0 Å². The number of nitro benzene ring substituents is 1. The maximum atomic E-state index is 12.8. The average molecular weight is 377 g/mol. The Morgan fingerprint density at radius 1 is 0.964 bits per heavy atom. The van der Waals surface area contributed by atoms with Gasteiger partial charge in [0.05, 0.1) is 4.92 Å². The number of carbonyl (C=O) groups is 1. The van der Waals surface area contributed by atoms with Crippen LogP contribution in [0, 0.1) is 10.1 Å². The Labute approximate surface area is 161 Å². The van der Waals surface area contributed by atoms with Crippen LogP contribution < -0.4 is 10.6 Å². The maximum absolute atomic E-state index is 12.8. The molecule has 0 bridgehead atoms. The lowest BCUT2D eigenvalue weighted by Crippen LogP contribution is -2.37. The van der Waals surface area contributed by atoms with E-state index in [1.165, 1.54) is 12.1 Å². The van der Waals surface area contributed by atoms with Crippen molar-refractivity contribution in [3.05, 3.63) is 100 Å². The number of nitrogens with one attached hydrogen (secondary N) is 2. The van der Waals surface area contributed by atoms with Gasteiger partial charge in [-0.25, -0.2) is 0 Å². The lowest BCUT2D eigenvalue weighted by molar-refractivity contribution is -0.384. The third kappa shape index (κ3) is 5.18. The Morgan fingerprint density at radius 2 is 1.71 bits per heavy atom. The number of hydrogen-bond donors (Lipinski definition) is 2. The van der Waals surface area contributed by atoms with Crippen LogP contribution in [-0.2, 0) is 17.9 Å². The summed E-state index contributed by atoms with van der Waals surface area (Å²) in [5.74, 6) is -0.230. The van der Waals surface area contributed by atoms with Gasteiger partial charge in [0.2, 0.25) is 5.91 Å². The van der Waals surface area contributed by atoms with Crippen molar-refractivity contribution in [3.63, 3.8) is 0 Å². The molecule has 0 saturated heterocycles. The number of nitrogens with zero attached hydrogens (tertiary/aromatic N) is 3. The number of carbonyl (C=O) groups excluding carboxylic acids is 1. The molecule has 0 aliphatic heterocycles. The average Bonchev–Trinajstić information content (AvgIpc) is 2.74. The van der Waals surface area contributed by atoms with Gasteiger partial charge in [0.1, 0.15) is 6.04 Å². The molecule has 1 unspecified atom stereocenters. The Balaban J connectivity index is 1.74. The highest BCUT2D eigenvalue weighted by Gasteiger charge is 2.21. The molecule has 1 aromatic carbocycles. The molecule has 1 amide bonds. The first-order valence-electron chi connectivity index (χ1n) is 8.67. The van der Waals surface area contributed by atoms with Gasteiger partial charge in [-0.15, -0.1) is 0 Å². The van der Waals surface area contributed by atoms with E-state index in [0.717, 1.165) is 11.1 Å². The summed E-state index contributed by atoms with van der Waals surface area (Å²) in [5.41, 5.74) is 2.48. The number of benzene rings is 1. The van der Waals surface area contributed by atoms with E-state index in [1.54, 1.807) is 43.0 Å². The minimum atomic E-state index is -0.661. The number of hydrogen-bond acceptors (Lipinski definition) is 6. The Kier molecular flexibility index (Phi) is 6.37. The van der Waals surface area contributed by atoms with Crippen LogP contribution >= 0.6 is 0 Å². The van der Waals surface area contributed by atoms with Gasteiger partial charge in [0.15, 0.2) is 0 Å². The SMILES string of the molecule is O=C(NCc1cccnc1)C(NCc1ccncc1)c1ccc([N+](=O)[O-])cc1. The van der Waals surface area contributed by atoms with E-state index in [-0.39, 0.29) is 11.6 Å². The molecule has 0 aliphatic carbocycles. The van der Waals surface area contributed by atoms with Gasteiger partial charge in [0, 0.05) is 50.0 Å². The van der Waals surface area contributed by atoms with Crippen molar-refractivity contribution in [2.45, 2.75) is 19.1 Å². The van der Waals surface area contributed by atoms with Crippen LogP contribution in [0.4, 0.5) is 5.69 Å². The third-order valence-electron chi connectivity index (χ3n) is 4.15. The molecule has 2 N–H and O–H groups in total. The summed E-state index contributed by atoms with van der Waals surface area (Å²) in [6.45, 7) is 0.789. The first-order valence-corrected chi connectivity index (χ1v) is 8.67. The molecular weight excluding hydrogens is 358 g/mol. The second kappa shape index (κ2) is 9.33. The fourth-order valence-corrected chi connectivity index (χ4v) is 2.66. The minimum Gasteiger partial charge on any atom is -0.350 e. The molecule has 142 valence electrons. The molecule has 3 rings (SSSR count). The number of non-ortho nitro benzene ring substituents is 1. The molecule has 2 aromatic heterocycles. The van der Waals surface area contributed by atoms with E-state index < -0.39 is 11.0 Å². The van der Waals surface area contributed by atoms with Gasteiger partial charge in [-0.1, -0.05) is 18.2 Å². The summed E-state index contributed by atoms with van der Waals surface area (Å²) >= 11 is 0. The van der Waals surface area contributed by atoms with Crippen molar-refractivity contribution in [3.8, 4) is 0 Å². The van der Waals surface area contributed by atoms with E-state index in [4.69, 9.17) is 0 Å². The van der Waals surface area contributed by atoms with Crippen LogP contribution in [-0.4, -0.2) is 20.8 Å². The van der Waals surface area contributed by atoms with Gasteiger partial charge in [-0.05, 0) is 34.9 Å². The van der Waals surface area contributed by atoms with Gasteiger partial charge in [-0.2, -0.15) is 0 Å². The summed E-state index contributed by atoms with van der Waals surface area (Å²) in [5, 5.41) is 17.0. The highest BCUT2D eigenvalue weighted by Crippen LogP contribution is 2.19. The first-order chi connectivity index (χ1) is 13.6.